The zero-order chi connectivity index (χ0) is 23.3. The molecule has 0 radical (unpaired) electrons. The lowest BCUT2D eigenvalue weighted by atomic mass is 9.97. The van der Waals surface area contributed by atoms with Crippen molar-refractivity contribution < 1.29 is 17.9 Å². The summed E-state index contributed by atoms with van der Waals surface area (Å²) in [5.74, 6) is 1.74. The second kappa shape index (κ2) is 10.7. The number of rotatable bonds is 9. The van der Waals surface area contributed by atoms with Gasteiger partial charge in [0.2, 0.25) is 21.1 Å². The minimum absolute atomic E-state index is 0.0341. The van der Waals surface area contributed by atoms with Crippen molar-refractivity contribution in [1.82, 2.24) is 24.8 Å². The van der Waals surface area contributed by atoms with Crippen molar-refractivity contribution in [2.24, 2.45) is 5.92 Å². The van der Waals surface area contributed by atoms with Gasteiger partial charge in [-0.15, -0.1) is 5.10 Å². The first-order valence-electron chi connectivity index (χ1n) is 10.7. The van der Waals surface area contributed by atoms with Crippen molar-refractivity contribution >= 4 is 27.7 Å². The Bertz CT molecular complexity index is 1030. The third-order valence-corrected chi connectivity index (χ3v) is 8.27. The maximum absolute atomic E-state index is 13.3. The number of amides is 1. The number of ether oxygens (including phenoxy) is 1. The van der Waals surface area contributed by atoms with Gasteiger partial charge in [-0.25, -0.2) is 13.4 Å². The van der Waals surface area contributed by atoms with Crippen molar-refractivity contribution in [3.05, 3.63) is 29.6 Å². The molecule has 3 rings (SSSR count). The Morgan fingerprint density at radius 3 is 2.66 bits per heavy atom. The lowest BCUT2D eigenvalue weighted by molar-refractivity contribution is -0.125. The summed E-state index contributed by atoms with van der Waals surface area (Å²) in [6.45, 7) is 7.00. The second-order valence-corrected chi connectivity index (χ2v) is 11.1. The number of aromatic amines is 1. The van der Waals surface area contributed by atoms with Crippen LogP contribution in [0.3, 0.4) is 0 Å². The van der Waals surface area contributed by atoms with Gasteiger partial charge < -0.3 is 10.1 Å². The fourth-order valence-corrected chi connectivity index (χ4v) is 5.96. The molecular weight excluding hydrogens is 450 g/mol. The van der Waals surface area contributed by atoms with Gasteiger partial charge in [0.1, 0.15) is 16.5 Å². The molecule has 0 bridgehead atoms. The van der Waals surface area contributed by atoms with Crippen LogP contribution in [0, 0.1) is 12.8 Å². The number of carbonyl (C=O) groups excluding carboxylic acids is 1. The number of hydrogen-bond donors (Lipinski definition) is 2. The molecule has 0 spiro atoms. The predicted octanol–water partition coefficient (Wildman–Crippen LogP) is 2.55. The maximum atomic E-state index is 13.3. The van der Waals surface area contributed by atoms with Crippen molar-refractivity contribution in [3.8, 4) is 5.75 Å². The molecule has 0 unspecified atom stereocenters. The van der Waals surface area contributed by atoms with Gasteiger partial charge in [0.05, 0.1) is 7.11 Å². The molecule has 11 heteroatoms. The lowest BCUT2D eigenvalue weighted by Crippen LogP contribution is -2.43. The predicted molar refractivity (Wildman–Crippen MR) is 123 cm³/mol. The highest BCUT2D eigenvalue weighted by atomic mass is 32.2. The van der Waals surface area contributed by atoms with E-state index in [1.54, 1.807) is 12.1 Å². The Balaban J connectivity index is 1.54. The van der Waals surface area contributed by atoms with E-state index in [4.69, 9.17) is 4.74 Å². The van der Waals surface area contributed by atoms with Gasteiger partial charge in [-0.3, -0.25) is 9.89 Å². The number of aromatic nitrogens is 3. The Labute approximate surface area is 193 Å². The highest BCUT2D eigenvalue weighted by Gasteiger charge is 2.33. The average Bonchev–Trinajstić information content (AvgIpc) is 3.21. The van der Waals surface area contributed by atoms with E-state index in [9.17, 15) is 13.2 Å². The SMILES string of the molecule is COc1ccc(C(C)C)cc1S(=O)(=O)N1CCC(C(=O)NCCSc2n[nH]c(C)n2)CC1. The Morgan fingerprint density at radius 2 is 2.06 bits per heavy atom. The van der Waals surface area contributed by atoms with Crippen LogP contribution in [0.15, 0.2) is 28.3 Å². The van der Waals surface area contributed by atoms with E-state index in [0.717, 1.165) is 11.4 Å². The van der Waals surface area contributed by atoms with E-state index in [-0.39, 0.29) is 22.6 Å². The summed E-state index contributed by atoms with van der Waals surface area (Å²) in [7, 11) is -2.23. The smallest absolute Gasteiger partial charge is 0.246 e. The van der Waals surface area contributed by atoms with Crippen molar-refractivity contribution in [2.45, 2.75) is 49.6 Å². The summed E-state index contributed by atoms with van der Waals surface area (Å²) in [6.07, 6.45) is 0.981. The number of methoxy groups -OCH3 is 1. The van der Waals surface area contributed by atoms with Crippen LogP contribution in [0.2, 0.25) is 0 Å². The number of sulfonamides is 1. The van der Waals surface area contributed by atoms with Gasteiger partial charge in [0.15, 0.2) is 0 Å². The van der Waals surface area contributed by atoms with E-state index >= 15 is 0 Å². The molecule has 2 aromatic rings. The van der Waals surface area contributed by atoms with Crippen LogP contribution < -0.4 is 10.1 Å². The van der Waals surface area contributed by atoms with Gasteiger partial charge >= 0.3 is 0 Å². The Kier molecular flexibility index (Phi) is 8.18. The fourth-order valence-electron chi connectivity index (χ4n) is 3.60. The summed E-state index contributed by atoms with van der Waals surface area (Å²) in [6, 6.07) is 5.30. The molecule has 32 heavy (non-hydrogen) atoms. The first-order valence-corrected chi connectivity index (χ1v) is 13.1. The molecule has 176 valence electrons. The standard InChI is InChI=1S/C21H31N5O4S2/c1-14(2)17-5-6-18(30-4)19(13-17)32(28,29)26-10-7-16(8-11-26)20(27)22-9-12-31-21-23-15(3)24-25-21/h5-6,13-14,16H,7-12H2,1-4H3,(H,22,27)(H,23,24,25). The minimum Gasteiger partial charge on any atom is -0.495 e. The highest BCUT2D eigenvalue weighted by molar-refractivity contribution is 7.99. The third-order valence-electron chi connectivity index (χ3n) is 5.51. The molecule has 2 N–H and O–H groups in total. The second-order valence-electron chi connectivity index (χ2n) is 8.09. The number of benzene rings is 1. The quantitative estimate of drug-likeness (QED) is 0.417. The topological polar surface area (TPSA) is 117 Å². The average molecular weight is 482 g/mol. The van der Waals surface area contributed by atoms with Crippen LogP contribution in [0.1, 0.15) is 44.0 Å². The molecule has 0 saturated carbocycles. The van der Waals surface area contributed by atoms with Crippen LogP contribution in [-0.4, -0.2) is 66.3 Å². The summed E-state index contributed by atoms with van der Waals surface area (Å²) >= 11 is 1.47. The zero-order valence-corrected chi connectivity index (χ0v) is 20.6. The molecule has 1 aliphatic rings. The van der Waals surface area contributed by atoms with Crippen LogP contribution in [0.4, 0.5) is 0 Å². The maximum Gasteiger partial charge on any atom is 0.246 e. The molecular formula is C21H31N5O4S2. The van der Waals surface area contributed by atoms with E-state index in [2.05, 4.69) is 20.5 Å². The molecule has 1 aromatic carbocycles. The summed E-state index contributed by atoms with van der Waals surface area (Å²) in [5, 5.41) is 10.4. The molecule has 1 aromatic heterocycles. The van der Waals surface area contributed by atoms with Gasteiger partial charge in [-0.2, -0.15) is 4.31 Å². The molecule has 1 fully saturated rings. The number of hydrogen-bond acceptors (Lipinski definition) is 7. The van der Waals surface area contributed by atoms with Gasteiger partial charge in [0.25, 0.3) is 0 Å². The monoisotopic (exact) mass is 481 g/mol. The molecule has 1 aliphatic heterocycles. The van der Waals surface area contributed by atoms with Gasteiger partial charge in [-0.1, -0.05) is 31.7 Å². The molecule has 2 heterocycles. The molecule has 9 nitrogen and oxygen atoms in total. The fraction of sp³-hybridized carbons (Fsp3) is 0.571. The molecule has 1 amide bonds. The number of aryl methyl sites for hydroxylation is 1. The van der Waals surface area contributed by atoms with Crippen molar-refractivity contribution in [1.29, 1.82) is 0 Å². The summed E-state index contributed by atoms with van der Waals surface area (Å²) in [5.41, 5.74) is 0.941. The number of carbonyl (C=O) groups is 1. The van der Waals surface area contributed by atoms with Crippen molar-refractivity contribution in [3.63, 3.8) is 0 Å². The number of nitrogens with one attached hydrogen (secondary N) is 2. The number of nitrogens with zero attached hydrogens (tertiary/aromatic N) is 3. The minimum atomic E-state index is -3.70. The van der Waals surface area contributed by atoms with E-state index in [1.807, 2.05) is 26.8 Å². The van der Waals surface area contributed by atoms with Crippen molar-refractivity contribution in [2.75, 3.05) is 32.5 Å². The largest absolute Gasteiger partial charge is 0.495 e. The molecule has 1 saturated heterocycles. The number of H-pyrrole nitrogens is 1. The van der Waals surface area contributed by atoms with E-state index < -0.39 is 10.0 Å². The lowest BCUT2D eigenvalue weighted by Gasteiger charge is -2.31. The van der Waals surface area contributed by atoms with Crippen LogP contribution in [-0.2, 0) is 14.8 Å². The Morgan fingerprint density at radius 1 is 1.34 bits per heavy atom. The third kappa shape index (κ3) is 5.81. The summed E-state index contributed by atoms with van der Waals surface area (Å²) in [4.78, 5) is 16.9. The van der Waals surface area contributed by atoms with Gasteiger partial charge in [-0.05, 0) is 43.4 Å². The van der Waals surface area contributed by atoms with Crippen LogP contribution >= 0.6 is 11.8 Å². The number of piperidine rings is 1. The highest BCUT2D eigenvalue weighted by Crippen LogP contribution is 2.32. The van der Waals surface area contributed by atoms with Crippen LogP contribution in [0.25, 0.3) is 0 Å². The number of thioether (sulfide) groups is 1. The summed E-state index contributed by atoms with van der Waals surface area (Å²) < 4.78 is 33.4. The normalized spacial score (nSPS) is 15.8. The van der Waals surface area contributed by atoms with Crippen LogP contribution in [0.5, 0.6) is 5.75 Å². The zero-order valence-electron chi connectivity index (χ0n) is 18.9. The van der Waals surface area contributed by atoms with E-state index in [1.165, 1.54) is 23.2 Å². The van der Waals surface area contributed by atoms with E-state index in [0.29, 0.717) is 49.1 Å². The first-order chi connectivity index (χ1) is 15.2. The first kappa shape index (κ1) is 24.5. The molecule has 0 aliphatic carbocycles. The Hall–Kier alpha value is -2.11. The van der Waals surface area contributed by atoms with Gasteiger partial charge in [0, 0.05) is 31.3 Å². The molecule has 0 atom stereocenters.